The van der Waals surface area contributed by atoms with Gasteiger partial charge in [-0.15, -0.1) is 0 Å². The van der Waals surface area contributed by atoms with Crippen LogP contribution in [0.5, 0.6) is 0 Å². The largest absolute Gasteiger partial charge is 0.410 e. The smallest absolute Gasteiger partial charge is 0.169 e. The molecule has 1 aromatic carbocycles. The molecule has 0 radical (unpaired) electrons. The van der Waals surface area contributed by atoms with E-state index >= 15 is 0 Å². The van der Waals surface area contributed by atoms with Crippen LogP contribution in [-0.2, 0) is 5.41 Å². The molecule has 0 saturated heterocycles. The first-order valence-electron chi connectivity index (χ1n) is 6.43. The Morgan fingerprint density at radius 2 is 1.32 bits per heavy atom. The molecule has 1 aromatic rings. The second kappa shape index (κ2) is 5.66. The number of hydrogen-bond acceptors (Lipinski definition) is 0. The third-order valence-electron chi connectivity index (χ3n) is 3.53. The minimum atomic E-state index is -5.51. The summed E-state index contributed by atoms with van der Waals surface area (Å²) in [7, 11) is 0. The molecule has 2 rings (SSSR count). The van der Waals surface area contributed by atoms with Crippen LogP contribution in [0.25, 0.3) is 0 Å². The summed E-state index contributed by atoms with van der Waals surface area (Å²) in [5.41, 5.74) is -5.59. The van der Waals surface area contributed by atoms with Gasteiger partial charge >= 0.3 is 12.4 Å². The highest BCUT2D eigenvalue weighted by atomic mass is 19.4. The van der Waals surface area contributed by atoms with Crippen molar-refractivity contribution < 1.29 is 26.3 Å². The van der Waals surface area contributed by atoms with Gasteiger partial charge in [-0.3, -0.25) is 0 Å². The van der Waals surface area contributed by atoms with Gasteiger partial charge in [-0.1, -0.05) is 60.7 Å². The molecular formula is C16H12F6. The lowest BCUT2D eigenvalue weighted by molar-refractivity contribution is -0.290. The van der Waals surface area contributed by atoms with E-state index < -0.39 is 35.3 Å². The van der Waals surface area contributed by atoms with Crippen LogP contribution in [0, 0.1) is 0 Å². The fraction of sp³-hybridized carbons (Fsp3) is 0.250. The first-order chi connectivity index (χ1) is 10.2. The fourth-order valence-electron chi connectivity index (χ4n) is 2.58. The van der Waals surface area contributed by atoms with Gasteiger partial charge in [-0.05, 0) is 17.6 Å². The van der Waals surface area contributed by atoms with Crippen LogP contribution in [0.4, 0.5) is 26.3 Å². The quantitative estimate of drug-likeness (QED) is 0.632. The molecule has 0 bridgehead atoms. The monoisotopic (exact) mass is 318 g/mol. The molecule has 0 unspecified atom stereocenters. The minimum absolute atomic E-state index is 0.430. The molecule has 0 aromatic heterocycles. The summed E-state index contributed by atoms with van der Waals surface area (Å²) in [6.45, 7) is 0. The van der Waals surface area contributed by atoms with Crippen LogP contribution in [0.15, 0.2) is 66.3 Å². The van der Waals surface area contributed by atoms with Gasteiger partial charge in [-0.25, -0.2) is 0 Å². The lowest BCUT2D eigenvalue weighted by Crippen LogP contribution is -2.55. The van der Waals surface area contributed by atoms with Crippen molar-refractivity contribution in [2.45, 2.75) is 24.2 Å². The van der Waals surface area contributed by atoms with Crippen molar-refractivity contribution in [3.05, 3.63) is 71.8 Å². The molecule has 0 fully saturated rings. The number of halogens is 6. The van der Waals surface area contributed by atoms with Gasteiger partial charge in [0.25, 0.3) is 0 Å². The van der Waals surface area contributed by atoms with E-state index in [-0.39, 0.29) is 0 Å². The highest BCUT2D eigenvalue weighted by Crippen LogP contribution is 2.57. The SMILES string of the molecule is FC(F)(F)C(C1=CC=CC=CC1)(c1ccccc1)C(F)(F)F. The van der Waals surface area contributed by atoms with E-state index in [1.54, 1.807) is 0 Å². The molecule has 22 heavy (non-hydrogen) atoms. The van der Waals surface area contributed by atoms with E-state index in [9.17, 15) is 26.3 Å². The van der Waals surface area contributed by atoms with Gasteiger partial charge in [0.1, 0.15) is 0 Å². The van der Waals surface area contributed by atoms with Gasteiger partial charge in [0.2, 0.25) is 5.41 Å². The van der Waals surface area contributed by atoms with E-state index in [2.05, 4.69) is 0 Å². The molecule has 0 amide bonds. The molecule has 0 heterocycles. The Bertz CT molecular complexity index is 588. The van der Waals surface area contributed by atoms with E-state index in [1.165, 1.54) is 42.5 Å². The molecule has 0 nitrogen and oxygen atoms in total. The van der Waals surface area contributed by atoms with Gasteiger partial charge in [-0.2, -0.15) is 26.3 Å². The normalized spacial score (nSPS) is 16.4. The Labute approximate surface area is 123 Å². The molecule has 1 aliphatic rings. The minimum Gasteiger partial charge on any atom is -0.169 e. The summed E-state index contributed by atoms with van der Waals surface area (Å²) < 4.78 is 82.0. The predicted molar refractivity (Wildman–Crippen MR) is 71.2 cm³/mol. The van der Waals surface area contributed by atoms with Crippen LogP contribution in [0.2, 0.25) is 0 Å². The molecule has 0 atom stereocenters. The topological polar surface area (TPSA) is 0 Å². The molecular weight excluding hydrogens is 306 g/mol. The third kappa shape index (κ3) is 2.58. The highest BCUT2D eigenvalue weighted by molar-refractivity contribution is 5.44. The average molecular weight is 318 g/mol. The number of allylic oxidation sites excluding steroid dienone is 6. The number of hydrogen-bond donors (Lipinski definition) is 0. The van der Waals surface area contributed by atoms with Gasteiger partial charge < -0.3 is 0 Å². The molecule has 0 saturated carbocycles. The van der Waals surface area contributed by atoms with Crippen LogP contribution < -0.4 is 0 Å². The molecule has 1 aliphatic carbocycles. The third-order valence-corrected chi connectivity index (χ3v) is 3.53. The Hall–Kier alpha value is -1.98. The summed E-state index contributed by atoms with van der Waals surface area (Å²) in [5, 5.41) is 0. The Balaban J connectivity index is 2.81. The van der Waals surface area contributed by atoms with Crippen molar-refractivity contribution in [2.24, 2.45) is 0 Å². The summed E-state index contributed by atoms with van der Waals surface area (Å²) in [6.07, 6.45) is -5.26. The maximum atomic E-state index is 13.7. The maximum absolute atomic E-state index is 13.7. The van der Waals surface area contributed by atoms with Gasteiger partial charge in [0, 0.05) is 0 Å². The molecule has 6 heteroatoms. The Morgan fingerprint density at radius 1 is 0.727 bits per heavy atom. The second-order valence-corrected chi connectivity index (χ2v) is 4.82. The average Bonchev–Trinajstić information content (AvgIpc) is 2.66. The van der Waals surface area contributed by atoms with Crippen molar-refractivity contribution in [3.8, 4) is 0 Å². The standard InChI is InChI=1S/C16H12F6/c17-15(18,19)14(16(20,21)22,13-10-6-3-7-11-13)12-8-4-1-2-5-9-12/h1-8,10-11H,9H2. The second-order valence-electron chi connectivity index (χ2n) is 4.82. The van der Waals surface area contributed by atoms with E-state index in [0.29, 0.717) is 0 Å². The van der Waals surface area contributed by atoms with Gasteiger partial charge in [0.05, 0.1) is 0 Å². The number of benzene rings is 1. The summed E-state index contributed by atoms with van der Waals surface area (Å²) in [6, 6.07) is 5.44. The zero-order chi connectivity index (χ0) is 16.4. The van der Waals surface area contributed by atoms with Crippen LogP contribution in [0.1, 0.15) is 12.0 Å². The lowest BCUT2D eigenvalue weighted by atomic mass is 9.71. The van der Waals surface area contributed by atoms with E-state index in [1.807, 2.05) is 0 Å². The maximum Gasteiger partial charge on any atom is 0.410 e. The van der Waals surface area contributed by atoms with Crippen LogP contribution >= 0.6 is 0 Å². The van der Waals surface area contributed by atoms with Gasteiger partial charge in [0.15, 0.2) is 0 Å². The summed E-state index contributed by atoms with van der Waals surface area (Å²) >= 11 is 0. The van der Waals surface area contributed by atoms with E-state index in [4.69, 9.17) is 0 Å². The highest BCUT2D eigenvalue weighted by Gasteiger charge is 2.72. The van der Waals surface area contributed by atoms with Crippen molar-refractivity contribution in [1.82, 2.24) is 0 Å². The summed E-state index contributed by atoms with van der Waals surface area (Å²) in [5.74, 6) is 0. The lowest BCUT2D eigenvalue weighted by Gasteiger charge is -2.39. The van der Waals surface area contributed by atoms with Crippen LogP contribution in [-0.4, -0.2) is 12.4 Å². The van der Waals surface area contributed by atoms with E-state index in [0.717, 1.165) is 18.2 Å². The first-order valence-corrected chi connectivity index (χ1v) is 6.43. The Morgan fingerprint density at radius 3 is 1.86 bits per heavy atom. The number of alkyl halides is 6. The molecule has 118 valence electrons. The fourth-order valence-corrected chi connectivity index (χ4v) is 2.58. The van der Waals surface area contributed by atoms with Crippen molar-refractivity contribution >= 4 is 0 Å². The molecule has 0 spiro atoms. The zero-order valence-electron chi connectivity index (χ0n) is 11.2. The first kappa shape index (κ1) is 16.4. The molecule has 0 N–H and O–H groups in total. The van der Waals surface area contributed by atoms with Crippen molar-refractivity contribution in [1.29, 1.82) is 0 Å². The number of rotatable bonds is 2. The predicted octanol–water partition coefficient (Wildman–Crippen LogP) is 5.49. The van der Waals surface area contributed by atoms with Crippen molar-refractivity contribution in [2.75, 3.05) is 0 Å². The van der Waals surface area contributed by atoms with Crippen molar-refractivity contribution in [3.63, 3.8) is 0 Å². The summed E-state index contributed by atoms with van der Waals surface area (Å²) in [4.78, 5) is 0. The Kier molecular flexibility index (Phi) is 4.22. The van der Waals surface area contributed by atoms with Crippen LogP contribution in [0.3, 0.4) is 0 Å². The molecule has 0 aliphatic heterocycles. The zero-order valence-corrected chi connectivity index (χ0v) is 11.2.